The molecule has 0 fully saturated rings. The molecule has 30 heavy (non-hydrogen) atoms. The molecule has 3 aromatic carbocycles. The number of aromatic nitrogens is 2. The Bertz CT molecular complexity index is 1120. The molecule has 5 nitrogen and oxygen atoms in total. The van der Waals surface area contributed by atoms with E-state index in [1.54, 1.807) is 0 Å². The van der Waals surface area contributed by atoms with Crippen molar-refractivity contribution in [2.75, 3.05) is 22.5 Å². The van der Waals surface area contributed by atoms with Crippen LogP contribution in [0.25, 0.3) is 10.8 Å². The van der Waals surface area contributed by atoms with Crippen LogP contribution in [0, 0.1) is 0 Å². The molecular formula is C23H22N4OS2. The van der Waals surface area contributed by atoms with E-state index in [-0.39, 0.29) is 5.91 Å². The number of fused-ring (bicyclic) bond motifs is 1. The summed E-state index contributed by atoms with van der Waals surface area (Å²) in [5.41, 5.74) is 2.13. The van der Waals surface area contributed by atoms with Gasteiger partial charge in [-0.05, 0) is 23.9 Å². The number of nitrogens with one attached hydrogen (secondary N) is 1. The summed E-state index contributed by atoms with van der Waals surface area (Å²) in [7, 11) is 0. The molecule has 4 rings (SSSR count). The number of benzene rings is 3. The minimum Gasteiger partial charge on any atom is -0.356 e. The van der Waals surface area contributed by atoms with Gasteiger partial charge in [0.2, 0.25) is 11.0 Å². The zero-order chi connectivity index (χ0) is 20.8. The highest BCUT2D eigenvalue weighted by Crippen LogP contribution is 2.29. The van der Waals surface area contributed by atoms with Gasteiger partial charge in [0.05, 0.1) is 11.4 Å². The third-order valence-corrected chi connectivity index (χ3v) is 6.69. The molecule has 0 saturated heterocycles. The van der Waals surface area contributed by atoms with Crippen molar-refractivity contribution in [1.82, 2.24) is 10.2 Å². The van der Waals surface area contributed by atoms with Crippen molar-refractivity contribution in [1.29, 1.82) is 0 Å². The number of carbonyl (C=O) groups excluding carboxylic acids is 1. The third-order valence-electron chi connectivity index (χ3n) is 4.69. The Hall–Kier alpha value is -2.90. The molecule has 0 atom stereocenters. The number of nitrogens with zero attached hydrogens (tertiary/aromatic N) is 3. The van der Waals surface area contributed by atoms with Gasteiger partial charge < -0.3 is 10.2 Å². The summed E-state index contributed by atoms with van der Waals surface area (Å²) in [6.45, 7) is 3.32. The maximum Gasteiger partial charge on any atom is 0.237 e. The van der Waals surface area contributed by atoms with Crippen LogP contribution in [-0.4, -0.2) is 28.4 Å². The Morgan fingerprint density at radius 3 is 2.60 bits per heavy atom. The van der Waals surface area contributed by atoms with E-state index >= 15 is 0 Å². The van der Waals surface area contributed by atoms with E-state index in [9.17, 15) is 4.79 Å². The largest absolute Gasteiger partial charge is 0.356 e. The average Bonchev–Trinajstić information content (AvgIpc) is 3.25. The first-order valence-electron chi connectivity index (χ1n) is 9.77. The highest BCUT2D eigenvalue weighted by molar-refractivity contribution is 8.01. The van der Waals surface area contributed by atoms with Crippen LogP contribution in [0.1, 0.15) is 12.5 Å². The van der Waals surface area contributed by atoms with E-state index in [1.807, 2.05) is 54.3 Å². The Labute approximate surface area is 184 Å². The molecule has 7 heteroatoms. The summed E-state index contributed by atoms with van der Waals surface area (Å²) in [6.07, 6.45) is 0. The van der Waals surface area contributed by atoms with Gasteiger partial charge in [-0.25, -0.2) is 0 Å². The summed E-state index contributed by atoms with van der Waals surface area (Å²) in [6, 6.07) is 24.4. The highest BCUT2D eigenvalue weighted by Gasteiger charge is 2.17. The smallest absolute Gasteiger partial charge is 0.237 e. The number of amides is 1. The standard InChI is InChI=1S/C23H22N4OS2/c1-2-27(20-14-8-12-18-11-6-7-13-19(18)20)21(28)16-29-23-26-25-22(30-23)24-15-17-9-4-3-5-10-17/h3-14H,2,15-16H2,1H3,(H,24,25). The molecule has 1 heterocycles. The Morgan fingerprint density at radius 1 is 1.00 bits per heavy atom. The summed E-state index contributed by atoms with van der Waals surface area (Å²) >= 11 is 2.90. The molecule has 0 saturated carbocycles. The second-order valence-electron chi connectivity index (χ2n) is 6.64. The maximum atomic E-state index is 13.0. The van der Waals surface area contributed by atoms with Crippen molar-refractivity contribution in [3.8, 4) is 0 Å². The van der Waals surface area contributed by atoms with Crippen LogP contribution < -0.4 is 10.2 Å². The molecule has 0 spiro atoms. The first-order chi connectivity index (χ1) is 14.7. The average molecular weight is 435 g/mol. The molecule has 1 aromatic heterocycles. The van der Waals surface area contributed by atoms with Crippen molar-refractivity contribution in [2.24, 2.45) is 0 Å². The summed E-state index contributed by atoms with van der Waals surface area (Å²) in [4.78, 5) is 14.8. The molecule has 0 radical (unpaired) electrons. The van der Waals surface area contributed by atoms with Gasteiger partial charge in [-0.15, -0.1) is 10.2 Å². The van der Waals surface area contributed by atoms with E-state index in [4.69, 9.17) is 0 Å². The van der Waals surface area contributed by atoms with Crippen LogP contribution in [0.5, 0.6) is 0 Å². The number of carbonyl (C=O) groups is 1. The van der Waals surface area contributed by atoms with Crippen LogP contribution in [0.2, 0.25) is 0 Å². The Balaban J connectivity index is 1.38. The number of hydrogen-bond donors (Lipinski definition) is 1. The van der Waals surface area contributed by atoms with Crippen molar-refractivity contribution in [2.45, 2.75) is 17.8 Å². The monoisotopic (exact) mass is 434 g/mol. The minimum absolute atomic E-state index is 0.0628. The molecule has 4 aromatic rings. The fourth-order valence-corrected chi connectivity index (χ4v) is 4.86. The Kier molecular flexibility index (Phi) is 6.61. The first-order valence-corrected chi connectivity index (χ1v) is 11.6. The van der Waals surface area contributed by atoms with Gasteiger partial charge in [0, 0.05) is 18.5 Å². The van der Waals surface area contributed by atoms with Gasteiger partial charge in [0.15, 0.2) is 4.34 Å². The normalized spacial score (nSPS) is 10.8. The SMILES string of the molecule is CCN(C(=O)CSc1nnc(NCc2ccccc2)s1)c1cccc2ccccc12. The van der Waals surface area contributed by atoms with Crippen LogP contribution >= 0.6 is 23.1 Å². The molecule has 0 aliphatic rings. The van der Waals surface area contributed by atoms with Crippen molar-refractivity contribution < 1.29 is 4.79 Å². The van der Waals surface area contributed by atoms with E-state index < -0.39 is 0 Å². The molecule has 0 unspecified atom stereocenters. The summed E-state index contributed by atoms with van der Waals surface area (Å²) < 4.78 is 0.785. The highest BCUT2D eigenvalue weighted by atomic mass is 32.2. The van der Waals surface area contributed by atoms with Gasteiger partial charge in [-0.1, -0.05) is 89.8 Å². The summed E-state index contributed by atoms with van der Waals surface area (Å²) in [5.74, 6) is 0.387. The number of rotatable bonds is 8. The predicted molar refractivity (Wildman–Crippen MR) is 126 cm³/mol. The lowest BCUT2D eigenvalue weighted by Gasteiger charge is -2.22. The van der Waals surface area contributed by atoms with Crippen LogP contribution in [0.4, 0.5) is 10.8 Å². The lowest BCUT2D eigenvalue weighted by Crippen LogP contribution is -2.32. The molecule has 0 bridgehead atoms. The zero-order valence-electron chi connectivity index (χ0n) is 16.6. The topological polar surface area (TPSA) is 58.1 Å². The predicted octanol–water partition coefficient (Wildman–Crippen LogP) is 5.45. The van der Waals surface area contributed by atoms with E-state index in [2.05, 4.69) is 45.8 Å². The van der Waals surface area contributed by atoms with Crippen molar-refractivity contribution in [3.05, 3.63) is 78.4 Å². The molecule has 152 valence electrons. The second-order valence-corrected chi connectivity index (χ2v) is 8.84. The fraction of sp³-hybridized carbons (Fsp3) is 0.174. The zero-order valence-corrected chi connectivity index (χ0v) is 18.2. The molecular weight excluding hydrogens is 412 g/mol. The number of anilines is 2. The lowest BCUT2D eigenvalue weighted by atomic mass is 10.1. The van der Waals surface area contributed by atoms with Crippen LogP contribution in [-0.2, 0) is 11.3 Å². The number of hydrogen-bond acceptors (Lipinski definition) is 6. The first kappa shape index (κ1) is 20.4. The van der Waals surface area contributed by atoms with Gasteiger partial charge in [-0.3, -0.25) is 4.79 Å². The Morgan fingerprint density at radius 2 is 1.77 bits per heavy atom. The van der Waals surface area contributed by atoms with E-state index in [1.165, 1.54) is 28.7 Å². The van der Waals surface area contributed by atoms with Crippen molar-refractivity contribution in [3.63, 3.8) is 0 Å². The molecule has 0 aliphatic carbocycles. The molecule has 1 N–H and O–H groups in total. The molecule has 0 aliphatic heterocycles. The van der Waals surface area contributed by atoms with E-state index in [0.717, 1.165) is 25.9 Å². The summed E-state index contributed by atoms with van der Waals surface area (Å²) in [5, 5.41) is 14.7. The van der Waals surface area contributed by atoms with Crippen LogP contribution in [0.3, 0.4) is 0 Å². The number of thioether (sulfide) groups is 1. The quantitative estimate of drug-likeness (QED) is 0.374. The van der Waals surface area contributed by atoms with Gasteiger partial charge in [0.25, 0.3) is 0 Å². The van der Waals surface area contributed by atoms with E-state index in [0.29, 0.717) is 18.8 Å². The fourth-order valence-electron chi connectivity index (χ4n) is 3.24. The minimum atomic E-state index is 0.0628. The molecule has 1 amide bonds. The lowest BCUT2D eigenvalue weighted by molar-refractivity contribution is -0.116. The maximum absolute atomic E-state index is 13.0. The van der Waals surface area contributed by atoms with Crippen molar-refractivity contribution >= 4 is 50.6 Å². The van der Waals surface area contributed by atoms with Gasteiger partial charge >= 0.3 is 0 Å². The second kappa shape index (κ2) is 9.73. The third kappa shape index (κ3) is 4.80. The van der Waals surface area contributed by atoms with Gasteiger partial charge in [-0.2, -0.15) is 0 Å². The van der Waals surface area contributed by atoms with Gasteiger partial charge in [0.1, 0.15) is 0 Å². The van der Waals surface area contributed by atoms with Crippen LogP contribution in [0.15, 0.2) is 77.1 Å².